The van der Waals surface area contributed by atoms with Gasteiger partial charge in [0.05, 0.1) is 17.7 Å². The zero-order chi connectivity index (χ0) is 33.4. The molecule has 4 aromatic rings. The van der Waals surface area contributed by atoms with Gasteiger partial charge in [0.15, 0.2) is 0 Å². The van der Waals surface area contributed by atoms with Crippen molar-refractivity contribution in [2.75, 3.05) is 18.0 Å². The smallest absolute Gasteiger partial charge is 0.264 e. The average Bonchev–Trinajstić information content (AvgIpc) is 3.60. The first kappa shape index (κ1) is 34.5. The molecule has 1 N–H and O–H groups in total. The number of hydrogen-bond acceptors (Lipinski definition) is 5. The number of carbonyl (C=O) groups is 2. The van der Waals surface area contributed by atoms with E-state index in [0.717, 1.165) is 45.6 Å². The van der Waals surface area contributed by atoms with Gasteiger partial charge in [0, 0.05) is 28.5 Å². The van der Waals surface area contributed by atoms with Crippen LogP contribution in [0.3, 0.4) is 0 Å². The molecule has 1 atom stereocenters. The van der Waals surface area contributed by atoms with E-state index in [1.54, 1.807) is 36.4 Å². The molecule has 0 heterocycles. The summed E-state index contributed by atoms with van der Waals surface area (Å²) >= 11 is 9.62. The Bertz CT molecular complexity index is 1750. The maximum absolute atomic E-state index is 14.6. The third-order valence-electron chi connectivity index (χ3n) is 8.28. The minimum Gasteiger partial charge on any atom is -0.497 e. The number of halogens is 2. The molecule has 0 aromatic heterocycles. The second kappa shape index (κ2) is 15.8. The number of nitrogens with zero attached hydrogens (tertiary/aromatic N) is 2. The summed E-state index contributed by atoms with van der Waals surface area (Å²) in [6.07, 6.45) is 4.10. The highest BCUT2D eigenvalue weighted by atomic mass is 79.9. The molecule has 1 saturated carbocycles. The van der Waals surface area contributed by atoms with E-state index in [4.69, 9.17) is 16.3 Å². The molecule has 4 aromatic carbocycles. The lowest BCUT2D eigenvalue weighted by Gasteiger charge is -2.34. The van der Waals surface area contributed by atoms with E-state index in [-0.39, 0.29) is 35.5 Å². The average molecular weight is 739 g/mol. The second-order valence-electron chi connectivity index (χ2n) is 11.5. The van der Waals surface area contributed by atoms with Crippen LogP contribution in [-0.4, -0.2) is 50.9 Å². The molecule has 1 fully saturated rings. The van der Waals surface area contributed by atoms with Gasteiger partial charge in [-0.15, -0.1) is 0 Å². The molecule has 1 aliphatic carbocycles. The third-order valence-corrected chi connectivity index (χ3v) is 10.8. The summed E-state index contributed by atoms with van der Waals surface area (Å²) in [5, 5.41) is 3.61. The quantitative estimate of drug-likeness (QED) is 0.159. The van der Waals surface area contributed by atoms with Gasteiger partial charge in [0.1, 0.15) is 18.3 Å². The molecule has 8 nitrogen and oxygen atoms in total. The minimum absolute atomic E-state index is 0.0136. The Labute approximate surface area is 289 Å². The fraction of sp³-hybridized carbons (Fsp3) is 0.278. The van der Waals surface area contributed by atoms with Crippen molar-refractivity contribution < 1.29 is 22.7 Å². The van der Waals surface area contributed by atoms with Crippen LogP contribution in [0.1, 0.15) is 36.8 Å². The lowest BCUT2D eigenvalue weighted by atomic mass is 10.0. The fourth-order valence-corrected chi connectivity index (χ4v) is 7.52. The first-order chi connectivity index (χ1) is 22.6. The maximum Gasteiger partial charge on any atom is 0.264 e. The number of methoxy groups -OCH3 is 1. The topological polar surface area (TPSA) is 96.0 Å². The Balaban J connectivity index is 1.55. The van der Waals surface area contributed by atoms with Gasteiger partial charge in [0.25, 0.3) is 10.0 Å². The molecule has 0 saturated heterocycles. The molecule has 47 heavy (non-hydrogen) atoms. The molecule has 0 spiro atoms. The number of benzene rings is 4. The third kappa shape index (κ3) is 8.94. The van der Waals surface area contributed by atoms with E-state index in [0.29, 0.717) is 10.8 Å². The van der Waals surface area contributed by atoms with Crippen LogP contribution in [0.4, 0.5) is 5.69 Å². The molecule has 2 amide bonds. The van der Waals surface area contributed by atoms with Crippen molar-refractivity contribution in [2.45, 2.75) is 55.6 Å². The highest BCUT2D eigenvalue weighted by Crippen LogP contribution is 2.28. The van der Waals surface area contributed by atoms with Crippen LogP contribution < -0.4 is 14.4 Å². The van der Waals surface area contributed by atoms with E-state index < -0.39 is 28.5 Å². The number of carbonyl (C=O) groups excluding carboxylic acids is 2. The Hall–Kier alpha value is -3.86. The van der Waals surface area contributed by atoms with Crippen molar-refractivity contribution in [3.05, 3.63) is 124 Å². The highest BCUT2D eigenvalue weighted by Gasteiger charge is 2.35. The number of rotatable bonds is 13. The highest BCUT2D eigenvalue weighted by molar-refractivity contribution is 9.10. The van der Waals surface area contributed by atoms with Crippen LogP contribution in [0.15, 0.2) is 112 Å². The SMILES string of the molecule is COc1ccc(S(=O)(=O)N(CC(=O)N(Cc2ccc(Br)cc2)C(Cc2ccccc2)C(=O)NC2CCCC2)c2ccc(Cl)cc2)cc1. The van der Waals surface area contributed by atoms with Gasteiger partial charge in [-0.1, -0.05) is 82.8 Å². The van der Waals surface area contributed by atoms with Crippen LogP contribution in [-0.2, 0) is 32.6 Å². The first-order valence-corrected chi connectivity index (χ1v) is 18.1. The Kier molecular flexibility index (Phi) is 11.6. The lowest BCUT2D eigenvalue weighted by Crippen LogP contribution is -2.54. The predicted octanol–water partition coefficient (Wildman–Crippen LogP) is 7.01. The molecular weight excluding hydrogens is 702 g/mol. The lowest BCUT2D eigenvalue weighted by molar-refractivity contribution is -0.140. The van der Waals surface area contributed by atoms with Crippen LogP contribution in [0, 0.1) is 0 Å². The molecule has 11 heteroatoms. The second-order valence-corrected chi connectivity index (χ2v) is 14.7. The van der Waals surface area contributed by atoms with E-state index in [1.165, 1.54) is 24.1 Å². The molecule has 0 radical (unpaired) electrons. The molecule has 0 aliphatic heterocycles. The van der Waals surface area contributed by atoms with Crippen molar-refractivity contribution >= 4 is 55.1 Å². The summed E-state index contributed by atoms with van der Waals surface area (Å²) in [5.74, 6) is -0.291. The molecule has 5 rings (SSSR count). The summed E-state index contributed by atoms with van der Waals surface area (Å²) in [4.78, 5) is 30.2. The fourth-order valence-electron chi connectivity index (χ4n) is 5.72. The minimum atomic E-state index is -4.24. The van der Waals surface area contributed by atoms with Crippen LogP contribution in [0.2, 0.25) is 5.02 Å². The van der Waals surface area contributed by atoms with Gasteiger partial charge in [-0.25, -0.2) is 8.42 Å². The van der Waals surface area contributed by atoms with Gasteiger partial charge >= 0.3 is 0 Å². The van der Waals surface area contributed by atoms with E-state index in [9.17, 15) is 18.0 Å². The number of hydrogen-bond donors (Lipinski definition) is 1. The van der Waals surface area contributed by atoms with E-state index in [2.05, 4.69) is 21.2 Å². The summed E-state index contributed by atoms with van der Waals surface area (Å²) in [6, 6.07) is 28.4. The summed E-state index contributed by atoms with van der Waals surface area (Å²) < 4.78 is 35.5. The maximum atomic E-state index is 14.6. The summed E-state index contributed by atoms with van der Waals surface area (Å²) in [7, 11) is -2.75. The van der Waals surface area contributed by atoms with Gasteiger partial charge in [-0.05, 0) is 84.6 Å². The van der Waals surface area contributed by atoms with E-state index >= 15 is 0 Å². The van der Waals surface area contributed by atoms with Crippen LogP contribution in [0.5, 0.6) is 5.75 Å². The Morgan fingerprint density at radius 2 is 1.53 bits per heavy atom. The molecule has 0 bridgehead atoms. The number of amides is 2. The predicted molar refractivity (Wildman–Crippen MR) is 188 cm³/mol. The molecule has 246 valence electrons. The number of anilines is 1. The van der Waals surface area contributed by atoms with Gasteiger partial charge in [-0.2, -0.15) is 0 Å². The molecule has 1 unspecified atom stereocenters. The normalized spacial score (nSPS) is 13.9. The van der Waals surface area contributed by atoms with Gasteiger partial charge in [-0.3, -0.25) is 13.9 Å². The largest absolute Gasteiger partial charge is 0.497 e. The standard InChI is InChI=1S/C36H37BrClN3O5S/c1-46-32-19-21-33(22-20-32)47(44,45)41(31-17-15-29(38)16-18-31)25-35(42)40(24-27-11-13-28(37)14-12-27)34(23-26-7-3-2-4-8-26)36(43)39-30-9-5-6-10-30/h2-4,7-8,11-22,30,34H,5-6,9-10,23-25H2,1H3,(H,39,43). The Morgan fingerprint density at radius 3 is 2.15 bits per heavy atom. The number of ether oxygens (including phenoxy) is 1. The van der Waals surface area contributed by atoms with Gasteiger partial charge < -0.3 is 15.0 Å². The van der Waals surface area contributed by atoms with Crippen molar-refractivity contribution in [3.63, 3.8) is 0 Å². The van der Waals surface area contributed by atoms with Crippen LogP contribution in [0.25, 0.3) is 0 Å². The zero-order valence-electron chi connectivity index (χ0n) is 26.0. The van der Waals surface area contributed by atoms with Crippen molar-refractivity contribution in [1.82, 2.24) is 10.2 Å². The monoisotopic (exact) mass is 737 g/mol. The summed E-state index contributed by atoms with van der Waals surface area (Å²) in [5.41, 5.74) is 1.94. The zero-order valence-corrected chi connectivity index (χ0v) is 29.2. The van der Waals surface area contributed by atoms with Crippen molar-refractivity contribution in [2.24, 2.45) is 0 Å². The van der Waals surface area contributed by atoms with Crippen molar-refractivity contribution in [3.8, 4) is 5.75 Å². The van der Waals surface area contributed by atoms with E-state index in [1.807, 2.05) is 54.6 Å². The number of nitrogens with one attached hydrogen (secondary N) is 1. The Morgan fingerprint density at radius 1 is 0.894 bits per heavy atom. The van der Waals surface area contributed by atoms with Crippen molar-refractivity contribution in [1.29, 1.82) is 0 Å². The summed E-state index contributed by atoms with van der Waals surface area (Å²) in [6.45, 7) is -0.451. The van der Waals surface area contributed by atoms with Gasteiger partial charge in [0.2, 0.25) is 11.8 Å². The molecule has 1 aliphatic rings. The first-order valence-electron chi connectivity index (χ1n) is 15.4. The van der Waals surface area contributed by atoms with Crippen LogP contribution >= 0.6 is 27.5 Å². The number of sulfonamides is 1. The molecular formula is C36H37BrClN3O5S.